The molecule has 2 aliphatic carbocycles. The molecule has 2 amide bonds. The minimum atomic E-state index is -0.239. The number of methoxy groups -OCH3 is 2. The van der Waals surface area contributed by atoms with Crippen molar-refractivity contribution < 1.29 is 19.1 Å². The summed E-state index contributed by atoms with van der Waals surface area (Å²) in [7, 11) is 3.09. The Morgan fingerprint density at radius 3 is 2.08 bits per heavy atom. The average molecular weight is 459 g/mol. The third-order valence-corrected chi connectivity index (χ3v) is 8.82. The Balaban J connectivity index is 1.77. The number of hydrogen-bond donors (Lipinski definition) is 0. The fourth-order valence-corrected chi connectivity index (χ4v) is 6.43. The summed E-state index contributed by atoms with van der Waals surface area (Å²) in [4.78, 5) is 27.9. The van der Waals surface area contributed by atoms with Crippen LogP contribution in [0.25, 0.3) is 0 Å². The Bertz CT molecular complexity index is 693. The van der Waals surface area contributed by atoms with Crippen LogP contribution in [0, 0.1) is 23.7 Å². The van der Waals surface area contributed by atoms with Crippen molar-refractivity contribution in [2.75, 3.05) is 19.1 Å². The van der Waals surface area contributed by atoms with Gasteiger partial charge in [-0.2, -0.15) is 0 Å². The topological polar surface area (TPSA) is 55.8 Å². The average Bonchev–Trinajstić information content (AvgIpc) is 3.19. The Morgan fingerprint density at radius 2 is 1.58 bits per heavy atom. The van der Waals surface area contributed by atoms with Crippen LogP contribution in [0.4, 0.5) is 5.69 Å². The summed E-state index contributed by atoms with van der Waals surface area (Å²) in [5, 5.41) is 0. The number of halogens is 2. The second-order valence-corrected chi connectivity index (χ2v) is 8.67. The van der Waals surface area contributed by atoms with E-state index in [1.807, 2.05) is 0 Å². The summed E-state index contributed by atoms with van der Waals surface area (Å²) in [6.07, 6.45) is 0.918. The van der Waals surface area contributed by atoms with Gasteiger partial charge in [-0.05, 0) is 30.4 Å². The minimum absolute atomic E-state index is 0.118. The first kappa shape index (κ1) is 16.4. The smallest absolute Gasteiger partial charge is 0.238 e. The number of rotatable bonds is 3. The first-order valence-electron chi connectivity index (χ1n) is 7.87. The van der Waals surface area contributed by atoms with Crippen molar-refractivity contribution in [1.82, 2.24) is 0 Å². The zero-order chi connectivity index (χ0) is 17.2. The Kier molecular flexibility index (Phi) is 3.91. The van der Waals surface area contributed by atoms with Gasteiger partial charge in [-0.3, -0.25) is 9.59 Å². The number of carbonyl (C=O) groups excluding carboxylic acids is 2. The molecule has 2 bridgehead atoms. The maximum atomic E-state index is 13.1. The van der Waals surface area contributed by atoms with Gasteiger partial charge in [0.15, 0.2) is 0 Å². The number of ether oxygens (including phenoxy) is 2. The Hall–Kier alpha value is -1.08. The Morgan fingerprint density at radius 1 is 1.00 bits per heavy atom. The van der Waals surface area contributed by atoms with Crippen LogP contribution in [0.2, 0.25) is 0 Å². The van der Waals surface area contributed by atoms with E-state index in [1.54, 1.807) is 25.3 Å². The molecule has 1 heterocycles. The SMILES string of the molecule is COc1ccc(OC)c(N2C(=O)C3C4CC(C(Br)C4Br)C3C2=O)c1. The third kappa shape index (κ3) is 2.03. The molecule has 3 aliphatic rings. The van der Waals surface area contributed by atoms with Crippen molar-refractivity contribution in [2.24, 2.45) is 23.7 Å². The van der Waals surface area contributed by atoms with Crippen LogP contribution in [0.15, 0.2) is 18.2 Å². The lowest BCUT2D eigenvalue weighted by Crippen LogP contribution is -2.37. The van der Waals surface area contributed by atoms with Crippen LogP contribution in [0.5, 0.6) is 11.5 Å². The zero-order valence-corrected chi connectivity index (χ0v) is 16.4. The fourth-order valence-electron chi connectivity index (χ4n) is 4.56. The summed E-state index contributed by atoms with van der Waals surface area (Å²) in [5.74, 6) is 0.762. The van der Waals surface area contributed by atoms with Crippen molar-refractivity contribution in [3.05, 3.63) is 18.2 Å². The van der Waals surface area contributed by atoms with E-state index in [4.69, 9.17) is 9.47 Å². The summed E-state index contributed by atoms with van der Waals surface area (Å²) >= 11 is 7.40. The van der Waals surface area contributed by atoms with Crippen molar-refractivity contribution >= 4 is 49.4 Å². The molecular formula is C17H17Br2NO4. The number of alkyl halides is 2. The molecule has 6 atom stereocenters. The Labute approximate surface area is 156 Å². The van der Waals surface area contributed by atoms with Gasteiger partial charge in [0, 0.05) is 15.7 Å². The molecule has 5 nitrogen and oxygen atoms in total. The van der Waals surface area contributed by atoms with E-state index < -0.39 is 0 Å². The quantitative estimate of drug-likeness (QED) is 0.516. The number of benzene rings is 1. The molecule has 4 rings (SSSR count). The standard InChI is InChI=1S/C17H17Br2NO4/c1-23-7-3-4-11(24-2)10(5-7)20-16(21)12-8-6-9(13(12)17(20)22)15(19)14(8)18/h3-5,8-9,12-15H,6H2,1-2H3. The molecule has 1 aromatic carbocycles. The van der Waals surface area contributed by atoms with E-state index in [2.05, 4.69) is 31.9 Å². The number of carbonyl (C=O) groups is 2. The summed E-state index contributed by atoms with van der Waals surface area (Å²) < 4.78 is 10.6. The van der Waals surface area contributed by atoms with Gasteiger partial charge in [0.1, 0.15) is 11.5 Å². The first-order valence-corrected chi connectivity index (χ1v) is 9.70. The van der Waals surface area contributed by atoms with Crippen molar-refractivity contribution in [3.63, 3.8) is 0 Å². The second kappa shape index (κ2) is 5.73. The van der Waals surface area contributed by atoms with Crippen LogP contribution in [0.3, 0.4) is 0 Å². The number of amides is 2. The normalized spacial score (nSPS) is 37.1. The van der Waals surface area contributed by atoms with Crippen LogP contribution in [-0.4, -0.2) is 35.7 Å². The summed E-state index contributed by atoms with van der Waals surface area (Å²) in [6, 6.07) is 5.16. The lowest BCUT2D eigenvalue weighted by atomic mass is 9.81. The van der Waals surface area contributed by atoms with Crippen molar-refractivity contribution in [3.8, 4) is 11.5 Å². The molecule has 0 aromatic heterocycles. The predicted molar refractivity (Wildman–Crippen MR) is 96.0 cm³/mol. The van der Waals surface area contributed by atoms with Crippen molar-refractivity contribution in [1.29, 1.82) is 0 Å². The number of imide groups is 1. The van der Waals surface area contributed by atoms with Gasteiger partial charge in [0.05, 0.1) is 31.7 Å². The van der Waals surface area contributed by atoms with Gasteiger partial charge in [-0.15, -0.1) is 0 Å². The van der Waals surface area contributed by atoms with E-state index in [0.29, 0.717) is 17.2 Å². The van der Waals surface area contributed by atoms with E-state index in [1.165, 1.54) is 12.0 Å². The number of anilines is 1. The highest BCUT2D eigenvalue weighted by molar-refractivity contribution is 9.12. The zero-order valence-electron chi connectivity index (χ0n) is 13.2. The van der Waals surface area contributed by atoms with E-state index in [0.717, 1.165) is 6.42 Å². The molecule has 24 heavy (non-hydrogen) atoms. The van der Waals surface area contributed by atoms with E-state index >= 15 is 0 Å². The molecule has 1 aromatic rings. The molecule has 0 radical (unpaired) electrons. The molecule has 1 saturated heterocycles. The van der Waals surface area contributed by atoms with Crippen LogP contribution in [0.1, 0.15) is 6.42 Å². The summed E-state index contributed by atoms with van der Waals surface area (Å²) in [6.45, 7) is 0. The van der Waals surface area contributed by atoms with Gasteiger partial charge < -0.3 is 9.47 Å². The molecule has 0 spiro atoms. The van der Waals surface area contributed by atoms with Gasteiger partial charge in [-0.1, -0.05) is 31.9 Å². The largest absolute Gasteiger partial charge is 0.497 e. The summed E-state index contributed by atoms with van der Waals surface area (Å²) in [5.41, 5.74) is 0.470. The number of hydrogen-bond acceptors (Lipinski definition) is 4. The number of nitrogens with zero attached hydrogens (tertiary/aromatic N) is 1. The number of fused-ring (bicyclic) bond motifs is 5. The highest BCUT2D eigenvalue weighted by atomic mass is 79.9. The monoisotopic (exact) mass is 457 g/mol. The van der Waals surface area contributed by atoms with Crippen LogP contribution in [-0.2, 0) is 9.59 Å². The van der Waals surface area contributed by atoms with Crippen LogP contribution < -0.4 is 14.4 Å². The fraction of sp³-hybridized carbons (Fsp3) is 0.529. The van der Waals surface area contributed by atoms with Crippen molar-refractivity contribution in [2.45, 2.75) is 16.1 Å². The molecule has 2 saturated carbocycles. The van der Waals surface area contributed by atoms with Gasteiger partial charge >= 0.3 is 0 Å². The van der Waals surface area contributed by atoms with Crippen LogP contribution >= 0.6 is 31.9 Å². The first-order chi connectivity index (χ1) is 11.5. The molecule has 7 heteroatoms. The molecule has 1 aliphatic heterocycles. The maximum absolute atomic E-state index is 13.1. The van der Waals surface area contributed by atoms with Gasteiger partial charge in [0.25, 0.3) is 0 Å². The molecule has 6 unspecified atom stereocenters. The minimum Gasteiger partial charge on any atom is -0.497 e. The highest BCUT2D eigenvalue weighted by Gasteiger charge is 2.66. The van der Waals surface area contributed by atoms with Gasteiger partial charge in [0.2, 0.25) is 11.8 Å². The predicted octanol–water partition coefficient (Wildman–Crippen LogP) is 2.99. The van der Waals surface area contributed by atoms with E-state index in [-0.39, 0.29) is 45.1 Å². The molecule has 0 N–H and O–H groups in total. The highest BCUT2D eigenvalue weighted by Crippen LogP contribution is 2.61. The lowest BCUT2D eigenvalue weighted by Gasteiger charge is -2.28. The molecule has 3 fully saturated rings. The van der Waals surface area contributed by atoms with Gasteiger partial charge in [-0.25, -0.2) is 4.90 Å². The third-order valence-electron chi connectivity index (χ3n) is 5.61. The van der Waals surface area contributed by atoms with E-state index in [9.17, 15) is 9.59 Å². The lowest BCUT2D eigenvalue weighted by molar-refractivity contribution is -0.123. The maximum Gasteiger partial charge on any atom is 0.238 e. The molecular weight excluding hydrogens is 442 g/mol. The second-order valence-electron chi connectivity index (χ2n) is 6.55. The molecule has 128 valence electrons.